The summed E-state index contributed by atoms with van der Waals surface area (Å²) in [5, 5.41) is 4.62. The third-order valence-corrected chi connectivity index (χ3v) is 4.09. The SMILES string of the molecule is CC(CCl)(CCl)NCc1cc(Cl)ccc1Cl. The van der Waals surface area contributed by atoms with Crippen molar-refractivity contribution in [3.63, 3.8) is 0 Å². The van der Waals surface area contributed by atoms with Gasteiger partial charge >= 0.3 is 0 Å². The largest absolute Gasteiger partial charge is 0.305 e. The van der Waals surface area contributed by atoms with Gasteiger partial charge in [-0.3, -0.25) is 0 Å². The molecule has 0 amide bonds. The van der Waals surface area contributed by atoms with Crippen molar-refractivity contribution in [1.82, 2.24) is 5.32 Å². The van der Waals surface area contributed by atoms with Gasteiger partial charge in [0, 0.05) is 33.9 Å². The molecule has 0 heterocycles. The van der Waals surface area contributed by atoms with Crippen molar-refractivity contribution >= 4 is 46.4 Å². The van der Waals surface area contributed by atoms with Crippen LogP contribution in [0.25, 0.3) is 0 Å². The Morgan fingerprint density at radius 3 is 2.38 bits per heavy atom. The Morgan fingerprint density at radius 2 is 1.81 bits per heavy atom. The second-order valence-electron chi connectivity index (χ2n) is 3.92. The van der Waals surface area contributed by atoms with E-state index in [1.807, 2.05) is 13.0 Å². The molecule has 1 rings (SSSR count). The van der Waals surface area contributed by atoms with Crippen LogP contribution in [0.3, 0.4) is 0 Å². The Balaban J connectivity index is 2.70. The molecule has 0 atom stereocenters. The van der Waals surface area contributed by atoms with Crippen LogP contribution in [0, 0.1) is 0 Å². The molecule has 0 aliphatic carbocycles. The summed E-state index contributed by atoms with van der Waals surface area (Å²) in [5.74, 6) is 0.878. The smallest absolute Gasteiger partial charge is 0.0451 e. The summed E-state index contributed by atoms with van der Waals surface area (Å²) in [6, 6.07) is 5.37. The molecule has 0 radical (unpaired) electrons. The van der Waals surface area contributed by atoms with Crippen LogP contribution in [0.2, 0.25) is 10.0 Å². The van der Waals surface area contributed by atoms with Crippen molar-refractivity contribution < 1.29 is 0 Å². The zero-order valence-electron chi connectivity index (χ0n) is 8.87. The summed E-state index contributed by atoms with van der Waals surface area (Å²) in [7, 11) is 0. The summed E-state index contributed by atoms with van der Waals surface area (Å²) in [6.07, 6.45) is 0. The predicted octanol–water partition coefficient (Wildman–Crippen LogP) is 4.32. The monoisotopic (exact) mass is 299 g/mol. The number of hydrogen-bond acceptors (Lipinski definition) is 1. The first kappa shape index (κ1) is 14.4. The molecule has 0 unspecified atom stereocenters. The van der Waals surface area contributed by atoms with Crippen molar-refractivity contribution in [1.29, 1.82) is 0 Å². The maximum absolute atomic E-state index is 6.05. The van der Waals surface area contributed by atoms with E-state index in [-0.39, 0.29) is 5.54 Å². The van der Waals surface area contributed by atoms with Crippen LogP contribution < -0.4 is 5.32 Å². The fourth-order valence-corrected chi connectivity index (χ4v) is 1.97. The molecule has 1 aromatic rings. The molecule has 0 aliphatic heterocycles. The third-order valence-electron chi connectivity index (χ3n) is 2.30. The first-order chi connectivity index (χ1) is 7.50. The minimum Gasteiger partial charge on any atom is -0.305 e. The van der Waals surface area contributed by atoms with Crippen molar-refractivity contribution in [2.45, 2.75) is 19.0 Å². The van der Waals surface area contributed by atoms with E-state index >= 15 is 0 Å². The minimum atomic E-state index is -0.297. The maximum atomic E-state index is 6.05. The number of halogens is 4. The van der Waals surface area contributed by atoms with Crippen molar-refractivity contribution in [3.8, 4) is 0 Å². The molecule has 90 valence electrons. The topological polar surface area (TPSA) is 12.0 Å². The van der Waals surface area contributed by atoms with Crippen LogP contribution >= 0.6 is 46.4 Å². The Hall–Kier alpha value is 0.340. The molecule has 0 bridgehead atoms. The molecule has 5 heteroatoms. The van der Waals surface area contributed by atoms with Gasteiger partial charge in [-0.15, -0.1) is 23.2 Å². The number of alkyl halides is 2. The molecule has 1 N–H and O–H groups in total. The van der Waals surface area contributed by atoms with E-state index < -0.39 is 0 Å². The quantitative estimate of drug-likeness (QED) is 0.799. The first-order valence-corrected chi connectivity index (χ1v) is 6.64. The van der Waals surface area contributed by atoms with Gasteiger partial charge < -0.3 is 5.32 Å². The van der Waals surface area contributed by atoms with Crippen molar-refractivity contribution in [3.05, 3.63) is 33.8 Å². The average molecular weight is 301 g/mol. The zero-order chi connectivity index (χ0) is 12.2. The van der Waals surface area contributed by atoms with Gasteiger partial charge in [0.05, 0.1) is 0 Å². The predicted molar refractivity (Wildman–Crippen MR) is 73.1 cm³/mol. The van der Waals surface area contributed by atoms with Gasteiger partial charge in [0.15, 0.2) is 0 Å². The molecule has 1 nitrogen and oxygen atoms in total. The normalized spacial score (nSPS) is 11.8. The van der Waals surface area contributed by atoms with Crippen LogP contribution in [-0.2, 0) is 6.54 Å². The molecule has 0 aliphatic rings. The molecule has 0 saturated carbocycles. The highest BCUT2D eigenvalue weighted by Gasteiger charge is 2.21. The highest BCUT2D eigenvalue weighted by molar-refractivity contribution is 6.33. The Morgan fingerprint density at radius 1 is 1.19 bits per heavy atom. The molecular formula is C11H13Cl4N. The Kier molecular flexibility index (Phi) is 5.69. The zero-order valence-corrected chi connectivity index (χ0v) is 11.9. The van der Waals surface area contributed by atoms with Crippen molar-refractivity contribution in [2.24, 2.45) is 0 Å². The van der Waals surface area contributed by atoms with E-state index in [1.54, 1.807) is 12.1 Å². The van der Waals surface area contributed by atoms with Gasteiger partial charge in [0.1, 0.15) is 0 Å². The molecular weight excluding hydrogens is 288 g/mol. The number of hydrogen-bond donors (Lipinski definition) is 1. The van der Waals surface area contributed by atoms with Crippen LogP contribution in [0.4, 0.5) is 0 Å². The van der Waals surface area contributed by atoms with E-state index in [2.05, 4.69) is 5.32 Å². The van der Waals surface area contributed by atoms with Crippen LogP contribution in [-0.4, -0.2) is 17.3 Å². The van der Waals surface area contributed by atoms with Gasteiger partial charge in [-0.2, -0.15) is 0 Å². The maximum Gasteiger partial charge on any atom is 0.0451 e. The molecule has 0 spiro atoms. The minimum absolute atomic E-state index is 0.297. The lowest BCUT2D eigenvalue weighted by molar-refractivity contribution is 0.435. The highest BCUT2D eigenvalue weighted by atomic mass is 35.5. The van der Waals surface area contributed by atoms with E-state index in [4.69, 9.17) is 46.4 Å². The lowest BCUT2D eigenvalue weighted by Gasteiger charge is -2.26. The fraction of sp³-hybridized carbons (Fsp3) is 0.455. The fourth-order valence-electron chi connectivity index (χ4n) is 1.12. The van der Waals surface area contributed by atoms with E-state index in [1.165, 1.54) is 0 Å². The lowest BCUT2D eigenvalue weighted by Crippen LogP contribution is -2.45. The highest BCUT2D eigenvalue weighted by Crippen LogP contribution is 2.21. The Bertz CT molecular complexity index is 350. The summed E-state index contributed by atoms with van der Waals surface area (Å²) in [4.78, 5) is 0. The van der Waals surface area contributed by atoms with Gasteiger partial charge in [-0.25, -0.2) is 0 Å². The second kappa shape index (κ2) is 6.32. The Labute approximate surface area is 116 Å². The lowest BCUT2D eigenvalue weighted by atomic mass is 10.1. The summed E-state index contributed by atoms with van der Waals surface area (Å²) in [5.41, 5.74) is 0.644. The first-order valence-electron chi connectivity index (χ1n) is 4.81. The summed E-state index contributed by atoms with van der Waals surface area (Å²) in [6.45, 7) is 2.56. The molecule has 1 aromatic carbocycles. The average Bonchev–Trinajstić information content (AvgIpc) is 2.30. The third kappa shape index (κ3) is 3.97. The van der Waals surface area contributed by atoms with Gasteiger partial charge in [-0.05, 0) is 30.7 Å². The molecule has 0 saturated heterocycles. The van der Waals surface area contributed by atoms with E-state index in [0.717, 1.165) is 5.56 Å². The van der Waals surface area contributed by atoms with Crippen LogP contribution in [0.1, 0.15) is 12.5 Å². The van der Waals surface area contributed by atoms with Gasteiger partial charge in [-0.1, -0.05) is 23.2 Å². The van der Waals surface area contributed by atoms with E-state index in [0.29, 0.717) is 28.4 Å². The molecule has 0 aromatic heterocycles. The van der Waals surface area contributed by atoms with Crippen LogP contribution in [0.15, 0.2) is 18.2 Å². The van der Waals surface area contributed by atoms with E-state index in [9.17, 15) is 0 Å². The standard InChI is InChI=1S/C11H13Cl4N/c1-11(6-12,7-13)16-5-8-4-9(14)2-3-10(8)15/h2-4,16H,5-7H2,1H3. The summed E-state index contributed by atoms with van der Waals surface area (Å²) >= 11 is 23.6. The van der Waals surface area contributed by atoms with Crippen LogP contribution in [0.5, 0.6) is 0 Å². The van der Waals surface area contributed by atoms with Gasteiger partial charge in [0.2, 0.25) is 0 Å². The molecule has 0 fully saturated rings. The number of rotatable bonds is 5. The van der Waals surface area contributed by atoms with Crippen molar-refractivity contribution in [2.75, 3.05) is 11.8 Å². The molecule has 16 heavy (non-hydrogen) atoms. The second-order valence-corrected chi connectivity index (χ2v) is 5.30. The number of benzene rings is 1. The summed E-state index contributed by atoms with van der Waals surface area (Å²) < 4.78 is 0. The van der Waals surface area contributed by atoms with Gasteiger partial charge in [0.25, 0.3) is 0 Å². The number of nitrogens with one attached hydrogen (secondary N) is 1.